The van der Waals surface area contributed by atoms with E-state index in [-0.39, 0.29) is 0 Å². The van der Waals surface area contributed by atoms with Crippen molar-refractivity contribution in [2.45, 2.75) is 32.0 Å². The van der Waals surface area contributed by atoms with Gasteiger partial charge in [0, 0.05) is 18.8 Å². The van der Waals surface area contributed by atoms with Gasteiger partial charge in [-0.15, -0.1) is 0 Å². The minimum atomic E-state index is -0.392. The highest BCUT2D eigenvalue weighted by Crippen LogP contribution is 2.24. The summed E-state index contributed by atoms with van der Waals surface area (Å²) in [7, 11) is 2.18. The van der Waals surface area contributed by atoms with Crippen molar-refractivity contribution in [2.24, 2.45) is 0 Å². The average molecular weight is 208 g/mol. The summed E-state index contributed by atoms with van der Waals surface area (Å²) in [6.45, 7) is 3.87. The average Bonchev–Trinajstić information content (AvgIpc) is 2.64. The van der Waals surface area contributed by atoms with E-state index in [0.29, 0.717) is 6.04 Å². The van der Waals surface area contributed by atoms with Crippen LogP contribution in [0.2, 0.25) is 0 Å². The maximum Gasteiger partial charge on any atom is 0.123 e. The largest absolute Gasteiger partial charge is 0.374 e. The Morgan fingerprint density at radius 3 is 2.93 bits per heavy atom. The van der Waals surface area contributed by atoms with Crippen molar-refractivity contribution in [3.8, 4) is 0 Å². The van der Waals surface area contributed by atoms with Crippen LogP contribution in [-0.4, -0.2) is 47.3 Å². The van der Waals surface area contributed by atoms with Crippen LogP contribution in [0.1, 0.15) is 19.8 Å². The van der Waals surface area contributed by atoms with Crippen LogP contribution in [0.15, 0.2) is 23.9 Å². The van der Waals surface area contributed by atoms with Gasteiger partial charge < -0.3 is 10.0 Å². The number of nitrogens with zero attached hydrogens (tertiary/aromatic N) is 2. The first kappa shape index (κ1) is 10.7. The zero-order valence-corrected chi connectivity index (χ0v) is 9.56. The molecule has 3 nitrogen and oxygen atoms in total. The number of hydrogen-bond donors (Lipinski definition) is 1. The predicted molar refractivity (Wildman–Crippen MR) is 61.3 cm³/mol. The molecule has 0 aliphatic carbocycles. The Morgan fingerprint density at radius 1 is 1.53 bits per heavy atom. The molecule has 0 spiro atoms. The lowest BCUT2D eigenvalue weighted by Crippen LogP contribution is -2.37. The Balaban J connectivity index is 2.04. The number of rotatable bonds is 2. The molecule has 84 valence electrons. The molecule has 0 saturated carbocycles. The first-order valence-corrected chi connectivity index (χ1v) is 5.70. The molecule has 1 saturated heterocycles. The van der Waals surface area contributed by atoms with Gasteiger partial charge in [0.25, 0.3) is 0 Å². The molecule has 0 bridgehead atoms. The Hall–Kier alpha value is -0.800. The van der Waals surface area contributed by atoms with E-state index in [4.69, 9.17) is 0 Å². The molecule has 1 fully saturated rings. The van der Waals surface area contributed by atoms with Crippen LogP contribution >= 0.6 is 0 Å². The monoisotopic (exact) mass is 208 g/mol. The Kier molecular flexibility index (Phi) is 3.12. The van der Waals surface area contributed by atoms with E-state index in [2.05, 4.69) is 18.0 Å². The van der Waals surface area contributed by atoms with E-state index in [1.807, 2.05) is 24.1 Å². The van der Waals surface area contributed by atoms with E-state index in [1.165, 1.54) is 25.0 Å². The van der Waals surface area contributed by atoms with Crippen molar-refractivity contribution in [3.05, 3.63) is 23.9 Å². The molecule has 1 unspecified atom stereocenters. The van der Waals surface area contributed by atoms with Gasteiger partial charge in [0.15, 0.2) is 0 Å². The van der Waals surface area contributed by atoms with Gasteiger partial charge >= 0.3 is 0 Å². The van der Waals surface area contributed by atoms with E-state index < -0.39 is 6.23 Å². The minimum absolute atomic E-state index is 0.392. The normalized spacial score (nSPS) is 29.4. The quantitative estimate of drug-likeness (QED) is 0.738. The molecule has 2 heterocycles. The second kappa shape index (κ2) is 4.37. The SMILES string of the molecule is CC(O)N1C=CC=C([C@@H]2CCCN2C)C1. The van der Waals surface area contributed by atoms with Gasteiger partial charge in [-0.2, -0.15) is 0 Å². The molecule has 1 N–H and O–H groups in total. The van der Waals surface area contributed by atoms with Crippen molar-refractivity contribution in [3.63, 3.8) is 0 Å². The van der Waals surface area contributed by atoms with E-state index in [0.717, 1.165) is 6.54 Å². The summed E-state index contributed by atoms with van der Waals surface area (Å²) < 4.78 is 0. The van der Waals surface area contributed by atoms with E-state index in [9.17, 15) is 5.11 Å². The van der Waals surface area contributed by atoms with Crippen LogP contribution in [0.5, 0.6) is 0 Å². The maximum atomic E-state index is 9.54. The molecule has 2 aliphatic heterocycles. The molecule has 0 amide bonds. The fourth-order valence-electron chi connectivity index (χ4n) is 2.45. The molecule has 3 heteroatoms. The number of likely N-dealkylation sites (tertiary alicyclic amines) is 1. The van der Waals surface area contributed by atoms with Gasteiger partial charge in [0.05, 0.1) is 0 Å². The summed E-state index contributed by atoms with van der Waals surface area (Å²) in [5, 5.41) is 9.54. The Labute approximate surface area is 91.7 Å². The lowest BCUT2D eigenvalue weighted by atomic mass is 10.0. The number of aliphatic hydroxyl groups is 1. The maximum absolute atomic E-state index is 9.54. The molecule has 2 aliphatic rings. The van der Waals surface area contributed by atoms with Crippen LogP contribution in [0.3, 0.4) is 0 Å². The molecule has 2 rings (SSSR count). The summed E-state index contributed by atoms with van der Waals surface area (Å²) in [5.74, 6) is 0. The minimum Gasteiger partial charge on any atom is -0.374 e. The molecule has 0 aromatic heterocycles. The zero-order valence-electron chi connectivity index (χ0n) is 9.56. The van der Waals surface area contributed by atoms with Crippen LogP contribution < -0.4 is 0 Å². The summed E-state index contributed by atoms with van der Waals surface area (Å²) >= 11 is 0. The number of aliphatic hydroxyl groups excluding tert-OH is 1. The predicted octanol–water partition coefficient (Wildman–Crippen LogP) is 1.17. The van der Waals surface area contributed by atoms with E-state index >= 15 is 0 Å². The Morgan fingerprint density at radius 2 is 2.33 bits per heavy atom. The molecular weight excluding hydrogens is 188 g/mol. The smallest absolute Gasteiger partial charge is 0.123 e. The van der Waals surface area contributed by atoms with Crippen molar-refractivity contribution in [1.29, 1.82) is 0 Å². The number of hydrogen-bond acceptors (Lipinski definition) is 3. The molecule has 0 aromatic rings. The van der Waals surface area contributed by atoms with Gasteiger partial charge in [-0.05, 0) is 45.0 Å². The molecule has 15 heavy (non-hydrogen) atoms. The van der Waals surface area contributed by atoms with Crippen LogP contribution in [0, 0.1) is 0 Å². The summed E-state index contributed by atoms with van der Waals surface area (Å²) in [5.41, 5.74) is 1.43. The lowest BCUT2D eigenvalue weighted by Gasteiger charge is -2.31. The molecule has 0 aromatic carbocycles. The zero-order chi connectivity index (χ0) is 10.8. The number of likely N-dealkylation sites (N-methyl/N-ethyl adjacent to an activating group) is 1. The summed E-state index contributed by atoms with van der Waals surface area (Å²) in [4.78, 5) is 4.38. The van der Waals surface area contributed by atoms with Crippen molar-refractivity contribution < 1.29 is 5.11 Å². The van der Waals surface area contributed by atoms with E-state index in [1.54, 1.807) is 0 Å². The Bertz CT molecular complexity index is 283. The first-order valence-electron chi connectivity index (χ1n) is 5.70. The van der Waals surface area contributed by atoms with Crippen molar-refractivity contribution in [2.75, 3.05) is 20.1 Å². The fraction of sp³-hybridized carbons (Fsp3) is 0.667. The highest BCUT2D eigenvalue weighted by Gasteiger charge is 2.26. The van der Waals surface area contributed by atoms with Gasteiger partial charge in [-0.1, -0.05) is 6.08 Å². The van der Waals surface area contributed by atoms with Gasteiger partial charge in [-0.3, -0.25) is 4.90 Å². The molecular formula is C12H20N2O. The van der Waals surface area contributed by atoms with Crippen LogP contribution in [0.4, 0.5) is 0 Å². The van der Waals surface area contributed by atoms with Crippen molar-refractivity contribution in [1.82, 2.24) is 9.80 Å². The summed E-state index contributed by atoms with van der Waals surface area (Å²) in [6, 6.07) is 0.580. The van der Waals surface area contributed by atoms with Crippen LogP contribution in [-0.2, 0) is 0 Å². The third-order valence-electron chi connectivity index (χ3n) is 3.38. The fourth-order valence-corrected chi connectivity index (χ4v) is 2.45. The third-order valence-corrected chi connectivity index (χ3v) is 3.38. The van der Waals surface area contributed by atoms with Gasteiger partial charge in [0.1, 0.15) is 6.23 Å². The number of allylic oxidation sites excluding steroid dienone is 2. The topological polar surface area (TPSA) is 26.7 Å². The standard InChI is InChI=1S/C12H20N2O/c1-10(15)14-8-3-5-11(9-14)12-6-4-7-13(12)2/h3,5,8,10,12,15H,4,6-7,9H2,1-2H3/t10?,12-/m0/s1. The first-order chi connectivity index (χ1) is 7.18. The third kappa shape index (κ3) is 2.24. The second-order valence-electron chi connectivity index (χ2n) is 4.53. The van der Waals surface area contributed by atoms with Crippen LogP contribution in [0.25, 0.3) is 0 Å². The highest BCUT2D eigenvalue weighted by atomic mass is 16.3. The molecule has 0 radical (unpaired) electrons. The van der Waals surface area contributed by atoms with Gasteiger partial charge in [-0.25, -0.2) is 0 Å². The molecule has 2 atom stereocenters. The summed E-state index contributed by atoms with van der Waals surface area (Å²) in [6.07, 6.45) is 8.35. The lowest BCUT2D eigenvalue weighted by molar-refractivity contribution is 0.0577. The second-order valence-corrected chi connectivity index (χ2v) is 4.53. The van der Waals surface area contributed by atoms with Gasteiger partial charge in [0.2, 0.25) is 0 Å². The highest BCUT2D eigenvalue weighted by molar-refractivity contribution is 5.24. The van der Waals surface area contributed by atoms with Crippen molar-refractivity contribution >= 4 is 0 Å².